The van der Waals surface area contributed by atoms with Gasteiger partial charge in [-0.2, -0.15) is 0 Å². The van der Waals surface area contributed by atoms with Crippen LogP contribution >= 0.6 is 0 Å². The third kappa shape index (κ3) is 3.23. The van der Waals surface area contributed by atoms with Crippen molar-refractivity contribution in [3.8, 4) is 5.75 Å². The fraction of sp³-hybridized carbons (Fsp3) is 0.500. The third-order valence-electron chi connectivity index (χ3n) is 3.35. The molecule has 1 aliphatic rings. The number of halogens is 1. The smallest absolute Gasteiger partial charge is 0.229 e. The van der Waals surface area contributed by atoms with Gasteiger partial charge in [-0.25, -0.2) is 4.39 Å². The van der Waals surface area contributed by atoms with E-state index in [0.29, 0.717) is 24.8 Å². The number of rotatable bonds is 4. The van der Waals surface area contributed by atoms with E-state index in [9.17, 15) is 9.18 Å². The molecule has 2 rings (SSSR count). The Bertz CT molecular complexity index is 465. The summed E-state index contributed by atoms with van der Waals surface area (Å²) in [4.78, 5) is 12.0. The molecule has 0 radical (unpaired) electrons. The maximum atomic E-state index is 13.7. The van der Waals surface area contributed by atoms with Crippen LogP contribution < -0.4 is 15.4 Å². The molecule has 1 aromatic carbocycles. The van der Waals surface area contributed by atoms with Gasteiger partial charge in [-0.05, 0) is 31.5 Å². The van der Waals surface area contributed by atoms with E-state index in [1.54, 1.807) is 13.0 Å². The predicted molar refractivity (Wildman–Crippen MR) is 71.7 cm³/mol. The van der Waals surface area contributed by atoms with Crippen LogP contribution in [0.15, 0.2) is 18.2 Å². The number of carbonyl (C=O) groups excluding carboxylic acids is 1. The molecule has 0 spiro atoms. The first-order chi connectivity index (χ1) is 9.11. The summed E-state index contributed by atoms with van der Waals surface area (Å²) in [7, 11) is 0. The Morgan fingerprint density at radius 1 is 1.53 bits per heavy atom. The molecule has 4 nitrogen and oxygen atoms in total. The zero-order chi connectivity index (χ0) is 13.8. The van der Waals surface area contributed by atoms with Gasteiger partial charge in [0.25, 0.3) is 0 Å². The average molecular weight is 266 g/mol. The van der Waals surface area contributed by atoms with Crippen molar-refractivity contribution in [1.29, 1.82) is 0 Å². The van der Waals surface area contributed by atoms with Crippen LogP contribution in [0, 0.1) is 17.7 Å². The molecule has 0 aromatic heterocycles. The lowest BCUT2D eigenvalue weighted by molar-refractivity contribution is -0.120. The van der Waals surface area contributed by atoms with Crippen molar-refractivity contribution in [3.63, 3.8) is 0 Å². The number of nitrogens with one attached hydrogen (secondary N) is 2. The molecular formula is C14H19FN2O2. The van der Waals surface area contributed by atoms with Gasteiger partial charge >= 0.3 is 0 Å². The highest BCUT2D eigenvalue weighted by molar-refractivity contribution is 5.93. The molecule has 2 unspecified atom stereocenters. The molecule has 1 heterocycles. The predicted octanol–water partition coefficient (Wildman–Crippen LogP) is 2.02. The van der Waals surface area contributed by atoms with Crippen LogP contribution in [0.25, 0.3) is 0 Å². The zero-order valence-electron chi connectivity index (χ0n) is 11.2. The van der Waals surface area contributed by atoms with Crippen LogP contribution in [0.4, 0.5) is 10.1 Å². The minimum atomic E-state index is -0.461. The van der Waals surface area contributed by atoms with E-state index in [2.05, 4.69) is 10.6 Å². The molecule has 0 saturated carbocycles. The van der Waals surface area contributed by atoms with E-state index >= 15 is 0 Å². The normalized spacial score (nSPS) is 22.3. The summed E-state index contributed by atoms with van der Waals surface area (Å²) in [5, 5.41) is 5.92. The summed E-state index contributed by atoms with van der Waals surface area (Å²) in [6.07, 6.45) is 0. The van der Waals surface area contributed by atoms with Gasteiger partial charge < -0.3 is 15.4 Å². The number of hydrogen-bond donors (Lipinski definition) is 2. The lowest BCUT2D eigenvalue weighted by Crippen LogP contribution is -2.27. The molecule has 0 bridgehead atoms. The van der Waals surface area contributed by atoms with Crippen LogP contribution in [-0.2, 0) is 4.79 Å². The Hall–Kier alpha value is -1.62. The second-order valence-corrected chi connectivity index (χ2v) is 4.81. The Kier molecular flexibility index (Phi) is 4.37. The number of hydrogen-bond acceptors (Lipinski definition) is 3. The minimum Gasteiger partial charge on any atom is -0.491 e. The van der Waals surface area contributed by atoms with Crippen molar-refractivity contribution >= 4 is 11.6 Å². The Morgan fingerprint density at radius 3 is 2.89 bits per heavy atom. The van der Waals surface area contributed by atoms with Crippen LogP contribution in [0.3, 0.4) is 0 Å². The van der Waals surface area contributed by atoms with Crippen LogP contribution in [0.2, 0.25) is 0 Å². The molecule has 104 valence electrons. The molecule has 2 N–H and O–H groups in total. The lowest BCUT2D eigenvalue weighted by Gasteiger charge is -2.14. The van der Waals surface area contributed by atoms with Crippen molar-refractivity contribution in [1.82, 2.24) is 5.32 Å². The van der Waals surface area contributed by atoms with Crippen molar-refractivity contribution in [3.05, 3.63) is 24.0 Å². The highest BCUT2D eigenvalue weighted by atomic mass is 19.1. The topological polar surface area (TPSA) is 50.4 Å². The van der Waals surface area contributed by atoms with Gasteiger partial charge in [0, 0.05) is 18.3 Å². The zero-order valence-corrected chi connectivity index (χ0v) is 11.2. The fourth-order valence-corrected chi connectivity index (χ4v) is 2.25. The molecule has 1 aliphatic heterocycles. The Labute approximate surface area is 112 Å². The van der Waals surface area contributed by atoms with Crippen molar-refractivity contribution in [2.75, 3.05) is 25.0 Å². The van der Waals surface area contributed by atoms with Crippen LogP contribution in [0.5, 0.6) is 5.75 Å². The molecular weight excluding hydrogens is 247 g/mol. The minimum absolute atomic E-state index is 0.0605. The van der Waals surface area contributed by atoms with Crippen LogP contribution in [0.1, 0.15) is 13.8 Å². The van der Waals surface area contributed by atoms with Gasteiger partial charge in [-0.3, -0.25) is 4.79 Å². The van der Waals surface area contributed by atoms with E-state index in [-0.39, 0.29) is 17.6 Å². The number of carbonyl (C=O) groups is 1. The first-order valence-electron chi connectivity index (χ1n) is 6.55. The monoisotopic (exact) mass is 266 g/mol. The van der Waals surface area contributed by atoms with Gasteiger partial charge in [0.05, 0.1) is 12.5 Å². The molecule has 1 amide bonds. The molecule has 1 saturated heterocycles. The van der Waals surface area contributed by atoms with E-state index in [1.807, 2.05) is 6.92 Å². The quantitative estimate of drug-likeness (QED) is 0.876. The van der Waals surface area contributed by atoms with E-state index in [1.165, 1.54) is 12.1 Å². The summed E-state index contributed by atoms with van der Waals surface area (Å²) in [5.41, 5.74) is 0.463. The highest BCUT2D eigenvalue weighted by Gasteiger charge is 2.29. The van der Waals surface area contributed by atoms with E-state index < -0.39 is 5.82 Å². The largest absolute Gasteiger partial charge is 0.491 e. The fourth-order valence-electron chi connectivity index (χ4n) is 2.25. The average Bonchev–Trinajstić information content (AvgIpc) is 2.79. The van der Waals surface area contributed by atoms with Crippen molar-refractivity contribution < 1.29 is 13.9 Å². The maximum absolute atomic E-state index is 13.7. The SMILES string of the molecule is CCOc1ccc(NC(=O)C2CNCC2C)cc1F. The third-order valence-corrected chi connectivity index (χ3v) is 3.35. The number of anilines is 1. The summed E-state index contributed by atoms with van der Waals surface area (Å²) in [6, 6.07) is 4.47. The molecule has 5 heteroatoms. The summed E-state index contributed by atoms with van der Waals surface area (Å²) in [5.74, 6) is -0.0862. The lowest BCUT2D eigenvalue weighted by atomic mass is 9.97. The Morgan fingerprint density at radius 2 is 2.32 bits per heavy atom. The second-order valence-electron chi connectivity index (χ2n) is 4.81. The van der Waals surface area contributed by atoms with Crippen molar-refractivity contribution in [2.24, 2.45) is 11.8 Å². The van der Waals surface area contributed by atoms with Gasteiger partial charge in [-0.15, -0.1) is 0 Å². The first kappa shape index (κ1) is 13.8. The second kappa shape index (κ2) is 6.02. The number of amides is 1. The van der Waals surface area contributed by atoms with Gasteiger partial charge in [-0.1, -0.05) is 6.92 Å². The summed E-state index contributed by atoms with van der Waals surface area (Å²) < 4.78 is 18.8. The van der Waals surface area contributed by atoms with Crippen LogP contribution in [-0.4, -0.2) is 25.6 Å². The number of ether oxygens (including phenoxy) is 1. The van der Waals surface area contributed by atoms with E-state index in [4.69, 9.17) is 4.74 Å². The number of benzene rings is 1. The maximum Gasteiger partial charge on any atom is 0.229 e. The van der Waals surface area contributed by atoms with Gasteiger partial charge in [0.1, 0.15) is 0 Å². The molecule has 0 aliphatic carbocycles. The van der Waals surface area contributed by atoms with Gasteiger partial charge in [0.2, 0.25) is 5.91 Å². The molecule has 1 aromatic rings. The Balaban J connectivity index is 2.03. The highest BCUT2D eigenvalue weighted by Crippen LogP contribution is 2.23. The summed E-state index contributed by atoms with van der Waals surface area (Å²) >= 11 is 0. The molecule has 2 atom stereocenters. The summed E-state index contributed by atoms with van der Waals surface area (Å²) in [6.45, 7) is 5.75. The molecule has 19 heavy (non-hydrogen) atoms. The van der Waals surface area contributed by atoms with Crippen molar-refractivity contribution in [2.45, 2.75) is 13.8 Å². The standard InChI is InChI=1S/C14H19FN2O2/c1-3-19-13-5-4-10(6-12(13)15)17-14(18)11-8-16-7-9(11)2/h4-6,9,11,16H,3,7-8H2,1-2H3,(H,17,18). The van der Waals surface area contributed by atoms with Gasteiger partial charge in [0.15, 0.2) is 11.6 Å². The van der Waals surface area contributed by atoms with E-state index in [0.717, 1.165) is 6.54 Å². The molecule has 1 fully saturated rings. The first-order valence-corrected chi connectivity index (χ1v) is 6.55.